The summed E-state index contributed by atoms with van der Waals surface area (Å²) in [5.74, 6) is -1.09. The van der Waals surface area contributed by atoms with E-state index in [0.717, 1.165) is 12.1 Å². The molecule has 0 heterocycles. The number of carbonyl (C=O) groups excluding carboxylic acids is 1. The van der Waals surface area contributed by atoms with E-state index in [-0.39, 0.29) is 23.6 Å². The van der Waals surface area contributed by atoms with Crippen LogP contribution in [0.1, 0.15) is 16.8 Å². The highest BCUT2D eigenvalue weighted by Crippen LogP contribution is 2.19. The van der Waals surface area contributed by atoms with Crippen LogP contribution in [-0.2, 0) is 4.74 Å². The SMILES string of the molecule is O=C(CCOCC(F)(F)F)c1ccc(F)cc1Cl. The maximum atomic E-state index is 12.7. The third-order valence-electron chi connectivity index (χ3n) is 1.97. The second kappa shape index (κ2) is 6.15. The molecule has 0 radical (unpaired) electrons. The zero-order chi connectivity index (χ0) is 13.8. The highest BCUT2D eigenvalue weighted by molar-refractivity contribution is 6.33. The van der Waals surface area contributed by atoms with Crippen LogP contribution in [0.2, 0.25) is 5.02 Å². The van der Waals surface area contributed by atoms with Crippen molar-refractivity contribution in [1.29, 1.82) is 0 Å². The van der Waals surface area contributed by atoms with Gasteiger partial charge in [-0.1, -0.05) is 11.6 Å². The number of halogens is 5. The van der Waals surface area contributed by atoms with E-state index in [1.165, 1.54) is 6.07 Å². The maximum Gasteiger partial charge on any atom is 0.411 e. The maximum absolute atomic E-state index is 12.7. The Hall–Kier alpha value is -1.14. The van der Waals surface area contributed by atoms with Gasteiger partial charge < -0.3 is 4.74 Å². The Bertz CT molecular complexity index is 432. The number of rotatable bonds is 5. The molecule has 2 nitrogen and oxygen atoms in total. The molecule has 18 heavy (non-hydrogen) atoms. The lowest BCUT2D eigenvalue weighted by Crippen LogP contribution is -2.18. The first-order valence-corrected chi connectivity index (χ1v) is 5.30. The molecule has 0 fully saturated rings. The zero-order valence-corrected chi connectivity index (χ0v) is 9.82. The van der Waals surface area contributed by atoms with Crippen LogP contribution in [0.25, 0.3) is 0 Å². The number of alkyl halides is 3. The molecule has 0 aromatic heterocycles. The second-order valence-electron chi connectivity index (χ2n) is 3.47. The first-order chi connectivity index (χ1) is 8.29. The van der Waals surface area contributed by atoms with Gasteiger partial charge in [0.15, 0.2) is 5.78 Å². The lowest BCUT2D eigenvalue weighted by Gasteiger charge is -2.07. The van der Waals surface area contributed by atoms with Crippen molar-refractivity contribution in [2.45, 2.75) is 12.6 Å². The standard InChI is InChI=1S/C11H9ClF4O2/c12-9-5-7(13)1-2-8(9)10(17)3-4-18-6-11(14,15)16/h1-2,5H,3-4,6H2. The molecule has 1 aromatic rings. The fourth-order valence-corrected chi connectivity index (χ4v) is 1.48. The van der Waals surface area contributed by atoms with Crippen molar-refractivity contribution in [1.82, 2.24) is 0 Å². The van der Waals surface area contributed by atoms with Gasteiger partial charge in [-0.05, 0) is 18.2 Å². The van der Waals surface area contributed by atoms with E-state index in [9.17, 15) is 22.4 Å². The first kappa shape index (κ1) is 14.9. The molecule has 0 aliphatic heterocycles. The number of benzene rings is 1. The second-order valence-corrected chi connectivity index (χ2v) is 3.87. The van der Waals surface area contributed by atoms with Crippen molar-refractivity contribution in [3.63, 3.8) is 0 Å². The van der Waals surface area contributed by atoms with Gasteiger partial charge in [-0.2, -0.15) is 13.2 Å². The third kappa shape index (κ3) is 5.01. The van der Waals surface area contributed by atoms with E-state index in [0.29, 0.717) is 0 Å². The minimum Gasteiger partial charge on any atom is -0.372 e. The summed E-state index contributed by atoms with van der Waals surface area (Å²) in [4.78, 5) is 11.5. The molecule has 0 N–H and O–H groups in total. The van der Waals surface area contributed by atoms with Crippen LogP contribution >= 0.6 is 11.6 Å². The molecule has 0 amide bonds. The first-order valence-electron chi connectivity index (χ1n) is 4.92. The summed E-state index contributed by atoms with van der Waals surface area (Å²) >= 11 is 5.63. The van der Waals surface area contributed by atoms with Gasteiger partial charge in [-0.15, -0.1) is 0 Å². The van der Waals surface area contributed by atoms with Gasteiger partial charge in [0.2, 0.25) is 0 Å². The molecule has 0 saturated carbocycles. The summed E-state index contributed by atoms with van der Waals surface area (Å²) in [5.41, 5.74) is 0.0636. The fraction of sp³-hybridized carbons (Fsp3) is 0.364. The Morgan fingerprint density at radius 3 is 2.56 bits per heavy atom. The van der Waals surface area contributed by atoms with Crippen molar-refractivity contribution in [3.05, 3.63) is 34.6 Å². The molecule has 0 aliphatic rings. The van der Waals surface area contributed by atoms with Crippen molar-refractivity contribution in [2.75, 3.05) is 13.2 Å². The average molecular weight is 285 g/mol. The smallest absolute Gasteiger partial charge is 0.372 e. The van der Waals surface area contributed by atoms with E-state index >= 15 is 0 Å². The number of ether oxygens (including phenoxy) is 1. The van der Waals surface area contributed by atoms with Gasteiger partial charge >= 0.3 is 6.18 Å². The molecule has 0 bridgehead atoms. The van der Waals surface area contributed by atoms with E-state index in [2.05, 4.69) is 4.74 Å². The van der Waals surface area contributed by atoms with Crippen LogP contribution in [0.15, 0.2) is 18.2 Å². The monoisotopic (exact) mass is 284 g/mol. The molecule has 1 aromatic carbocycles. The molecule has 1 rings (SSSR count). The molecular weight excluding hydrogens is 276 g/mol. The lowest BCUT2D eigenvalue weighted by atomic mass is 10.1. The van der Waals surface area contributed by atoms with Crippen LogP contribution in [0.5, 0.6) is 0 Å². The Kier molecular flexibility index (Phi) is 5.10. The molecular formula is C11H9ClF4O2. The minimum absolute atomic E-state index is 0.0636. The number of hydrogen-bond acceptors (Lipinski definition) is 2. The summed E-state index contributed by atoms with van der Waals surface area (Å²) < 4.78 is 52.2. The average Bonchev–Trinajstić information content (AvgIpc) is 2.22. The molecule has 7 heteroatoms. The molecule has 0 saturated heterocycles. The summed E-state index contributed by atoms with van der Waals surface area (Å²) in [6.07, 6.45) is -4.67. The molecule has 0 spiro atoms. The zero-order valence-electron chi connectivity index (χ0n) is 9.06. The normalized spacial score (nSPS) is 11.6. The fourth-order valence-electron chi connectivity index (χ4n) is 1.20. The largest absolute Gasteiger partial charge is 0.411 e. The minimum atomic E-state index is -4.42. The van der Waals surface area contributed by atoms with Crippen molar-refractivity contribution >= 4 is 17.4 Å². The quantitative estimate of drug-likeness (QED) is 0.469. The molecule has 0 aliphatic carbocycles. The summed E-state index contributed by atoms with van der Waals surface area (Å²) in [6.45, 7) is -1.77. The Morgan fingerprint density at radius 1 is 1.33 bits per heavy atom. The van der Waals surface area contributed by atoms with Crippen molar-refractivity contribution in [2.24, 2.45) is 0 Å². The number of ketones is 1. The van der Waals surface area contributed by atoms with Gasteiger partial charge in [0.1, 0.15) is 12.4 Å². The van der Waals surface area contributed by atoms with Crippen LogP contribution in [0.4, 0.5) is 17.6 Å². The highest BCUT2D eigenvalue weighted by atomic mass is 35.5. The number of hydrogen-bond donors (Lipinski definition) is 0. The van der Waals surface area contributed by atoms with Gasteiger partial charge in [0.05, 0.1) is 11.6 Å². The summed E-state index contributed by atoms with van der Waals surface area (Å²) in [7, 11) is 0. The van der Waals surface area contributed by atoms with E-state index in [1.807, 2.05) is 0 Å². The van der Waals surface area contributed by atoms with Gasteiger partial charge in [-0.3, -0.25) is 4.79 Å². The number of Topliss-reactive ketones (excluding diaryl/α,β-unsaturated/α-hetero) is 1. The van der Waals surface area contributed by atoms with Crippen molar-refractivity contribution in [3.8, 4) is 0 Å². The molecule has 0 atom stereocenters. The lowest BCUT2D eigenvalue weighted by molar-refractivity contribution is -0.173. The van der Waals surface area contributed by atoms with E-state index < -0.39 is 24.4 Å². The van der Waals surface area contributed by atoms with E-state index in [4.69, 9.17) is 11.6 Å². The van der Waals surface area contributed by atoms with Crippen LogP contribution in [0, 0.1) is 5.82 Å². The topological polar surface area (TPSA) is 26.3 Å². The Morgan fingerprint density at radius 2 is 2.00 bits per heavy atom. The predicted molar refractivity (Wildman–Crippen MR) is 57.2 cm³/mol. The van der Waals surface area contributed by atoms with Crippen LogP contribution in [-0.4, -0.2) is 25.2 Å². The van der Waals surface area contributed by atoms with Crippen LogP contribution < -0.4 is 0 Å². The Balaban J connectivity index is 2.46. The van der Waals surface area contributed by atoms with Gasteiger partial charge in [0.25, 0.3) is 0 Å². The van der Waals surface area contributed by atoms with Gasteiger partial charge in [-0.25, -0.2) is 4.39 Å². The Labute approximate surface area is 105 Å². The third-order valence-corrected chi connectivity index (χ3v) is 2.28. The number of carbonyl (C=O) groups is 1. The van der Waals surface area contributed by atoms with Crippen molar-refractivity contribution < 1.29 is 27.1 Å². The predicted octanol–water partition coefficient (Wildman–Crippen LogP) is 3.63. The summed E-state index contributed by atoms with van der Waals surface area (Å²) in [5, 5.41) is -0.0733. The van der Waals surface area contributed by atoms with Gasteiger partial charge in [0, 0.05) is 12.0 Å². The summed E-state index contributed by atoms with van der Waals surface area (Å²) in [6, 6.07) is 3.20. The van der Waals surface area contributed by atoms with Crippen LogP contribution in [0.3, 0.4) is 0 Å². The highest BCUT2D eigenvalue weighted by Gasteiger charge is 2.27. The van der Waals surface area contributed by atoms with E-state index in [1.54, 1.807) is 0 Å². The molecule has 0 unspecified atom stereocenters. The molecule has 100 valence electrons.